The van der Waals surface area contributed by atoms with Crippen LogP contribution in [-0.4, -0.2) is 30.1 Å². The van der Waals surface area contributed by atoms with Crippen LogP contribution in [0.3, 0.4) is 0 Å². The van der Waals surface area contributed by atoms with Crippen molar-refractivity contribution in [3.63, 3.8) is 0 Å². The van der Waals surface area contributed by atoms with E-state index < -0.39 is 0 Å². The molecule has 1 N–H and O–H groups in total. The Morgan fingerprint density at radius 2 is 1.90 bits per heavy atom. The lowest BCUT2D eigenvalue weighted by molar-refractivity contribution is 0.0784. The molecular formula is C16H17NO3. The van der Waals surface area contributed by atoms with Crippen molar-refractivity contribution in [2.45, 2.75) is 6.54 Å². The summed E-state index contributed by atoms with van der Waals surface area (Å²) in [5, 5.41) is 9.41. The molecule has 20 heavy (non-hydrogen) atoms. The van der Waals surface area contributed by atoms with Crippen LogP contribution in [0.15, 0.2) is 48.5 Å². The molecule has 0 heterocycles. The van der Waals surface area contributed by atoms with E-state index >= 15 is 0 Å². The molecule has 2 rings (SSSR count). The molecule has 2 aromatic carbocycles. The number of methoxy groups -OCH3 is 1. The molecule has 0 bridgehead atoms. The van der Waals surface area contributed by atoms with Gasteiger partial charge >= 0.3 is 0 Å². The molecule has 0 radical (unpaired) electrons. The molecule has 1 amide bonds. The van der Waals surface area contributed by atoms with E-state index in [4.69, 9.17) is 4.74 Å². The number of phenolic OH excluding ortho intramolecular Hbond substituents is 1. The highest BCUT2D eigenvalue weighted by atomic mass is 16.5. The largest absolute Gasteiger partial charge is 0.508 e. The van der Waals surface area contributed by atoms with E-state index in [-0.39, 0.29) is 11.7 Å². The number of benzene rings is 2. The number of nitrogens with zero attached hydrogens (tertiary/aromatic N) is 1. The van der Waals surface area contributed by atoms with Crippen LogP contribution < -0.4 is 4.74 Å². The third-order valence-corrected chi connectivity index (χ3v) is 3.02. The van der Waals surface area contributed by atoms with E-state index in [1.807, 2.05) is 24.3 Å². The van der Waals surface area contributed by atoms with Gasteiger partial charge in [-0.1, -0.05) is 18.2 Å². The third kappa shape index (κ3) is 3.29. The van der Waals surface area contributed by atoms with E-state index in [0.717, 1.165) is 11.3 Å². The lowest BCUT2D eigenvalue weighted by Crippen LogP contribution is -2.26. The lowest BCUT2D eigenvalue weighted by Gasteiger charge is -2.17. The van der Waals surface area contributed by atoms with Crippen LogP contribution in [0.1, 0.15) is 15.9 Å². The molecule has 0 fully saturated rings. The van der Waals surface area contributed by atoms with Crippen molar-refractivity contribution in [3.05, 3.63) is 59.7 Å². The van der Waals surface area contributed by atoms with Gasteiger partial charge < -0.3 is 14.7 Å². The number of hydrogen-bond donors (Lipinski definition) is 1. The van der Waals surface area contributed by atoms with Gasteiger partial charge in [0.2, 0.25) is 0 Å². The molecule has 0 aliphatic rings. The molecule has 0 aliphatic carbocycles. The smallest absolute Gasteiger partial charge is 0.254 e. The van der Waals surface area contributed by atoms with Crippen molar-refractivity contribution in [1.29, 1.82) is 0 Å². The molecule has 2 aromatic rings. The van der Waals surface area contributed by atoms with Gasteiger partial charge in [0.25, 0.3) is 5.91 Å². The Morgan fingerprint density at radius 3 is 2.50 bits per heavy atom. The van der Waals surface area contributed by atoms with Gasteiger partial charge in [0.05, 0.1) is 7.11 Å². The highest BCUT2D eigenvalue weighted by molar-refractivity contribution is 5.94. The standard InChI is InChI=1S/C16H17NO3/c1-17(11-12-6-8-15(20-2)9-7-12)16(19)13-4-3-5-14(18)10-13/h3-10,18H,11H2,1-2H3. The van der Waals surface area contributed by atoms with Gasteiger partial charge in [-0.25, -0.2) is 0 Å². The van der Waals surface area contributed by atoms with Crippen LogP contribution in [0.5, 0.6) is 11.5 Å². The Bertz CT molecular complexity index is 593. The average molecular weight is 271 g/mol. The number of rotatable bonds is 4. The molecule has 0 aromatic heterocycles. The number of amides is 1. The Kier molecular flexibility index (Phi) is 4.25. The summed E-state index contributed by atoms with van der Waals surface area (Å²) in [7, 11) is 3.35. The number of carbonyl (C=O) groups is 1. The lowest BCUT2D eigenvalue weighted by atomic mass is 10.1. The molecule has 0 aliphatic heterocycles. The first-order valence-corrected chi connectivity index (χ1v) is 6.27. The summed E-state index contributed by atoms with van der Waals surface area (Å²) in [6, 6.07) is 13.9. The Labute approximate surface area is 118 Å². The van der Waals surface area contributed by atoms with Crippen LogP contribution in [-0.2, 0) is 6.54 Å². The number of carbonyl (C=O) groups excluding carboxylic acids is 1. The first-order chi connectivity index (χ1) is 9.60. The molecule has 0 saturated carbocycles. The van der Waals surface area contributed by atoms with Crippen molar-refractivity contribution >= 4 is 5.91 Å². The third-order valence-electron chi connectivity index (χ3n) is 3.02. The van der Waals surface area contributed by atoms with Crippen LogP contribution in [0.2, 0.25) is 0 Å². The maximum absolute atomic E-state index is 12.2. The van der Waals surface area contributed by atoms with Crippen molar-refractivity contribution in [1.82, 2.24) is 4.90 Å². The Balaban J connectivity index is 2.07. The quantitative estimate of drug-likeness (QED) is 0.930. The second-order valence-corrected chi connectivity index (χ2v) is 4.56. The summed E-state index contributed by atoms with van der Waals surface area (Å²) in [6.07, 6.45) is 0. The number of phenols is 1. The minimum Gasteiger partial charge on any atom is -0.508 e. The van der Waals surface area contributed by atoms with Crippen molar-refractivity contribution in [2.24, 2.45) is 0 Å². The van der Waals surface area contributed by atoms with Gasteiger partial charge in [-0.15, -0.1) is 0 Å². The van der Waals surface area contributed by atoms with Crippen LogP contribution in [0, 0.1) is 0 Å². The van der Waals surface area contributed by atoms with Crippen molar-refractivity contribution in [2.75, 3.05) is 14.2 Å². The zero-order chi connectivity index (χ0) is 14.5. The normalized spacial score (nSPS) is 10.1. The van der Waals surface area contributed by atoms with Crippen LogP contribution in [0.4, 0.5) is 0 Å². The molecular weight excluding hydrogens is 254 g/mol. The topological polar surface area (TPSA) is 49.8 Å². The summed E-state index contributed by atoms with van der Waals surface area (Å²) in [6.45, 7) is 0.498. The van der Waals surface area contributed by atoms with E-state index in [1.165, 1.54) is 6.07 Å². The predicted molar refractivity (Wildman–Crippen MR) is 76.9 cm³/mol. The number of aromatic hydroxyl groups is 1. The minimum atomic E-state index is -0.128. The van der Waals surface area contributed by atoms with Crippen LogP contribution >= 0.6 is 0 Å². The molecule has 4 heteroatoms. The number of ether oxygens (including phenoxy) is 1. The molecule has 0 unspecified atom stereocenters. The summed E-state index contributed by atoms with van der Waals surface area (Å²) in [5.41, 5.74) is 1.49. The maximum atomic E-state index is 12.2. The summed E-state index contributed by atoms with van der Waals surface area (Å²) >= 11 is 0. The molecule has 4 nitrogen and oxygen atoms in total. The maximum Gasteiger partial charge on any atom is 0.254 e. The summed E-state index contributed by atoms with van der Waals surface area (Å²) in [4.78, 5) is 13.8. The Morgan fingerprint density at radius 1 is 1.20 bits per heavy atom. The van der Waals surface area contributed by atoms with Crippen molar-refractivity contribution in [3.8, 4) is 11.5 Å². The van der Waals surface area contributed by atoms with E-state index in [9.17, 15) is 9.90 Å². The SMILES string of the molecule is COc1ccc(CN(C)C(=O)c2cccc(O)c2)cc1. The first kappa shape index (κ1) is 13.9. The van der Waals surface area contributed by atoms with Gasteiger partial charge in [-0.2, -0.15) is 0 Å². The van der Waals surface area contributed by atoms with E-state index in [1.54, 1.807) is 37.3 Å². The second kappa shape index (κ2) is 6.10. The molecule has 104 valence electrons. The van der Waals surface area contributed by atoms with Crippen LogP contribution in [0.25, 0.3) is 0 Å². The first-order valence-electron chi connectivity index (χ1n) is 6.27. The highest BCUT2D eigenvalue weighted by Crippen LogP contribution is 2.15. The molecule has 0 atom stereocenters. The van der Waals surface area contributed by atoms with Gasteiger partial charge in [-0.3, -0.25) is 4.79 Å². The fourth-order valence-electron chi connectivity index (χ4n) is 1.94. The zero-order valence-electron chi connectivity index (χ0n) is 11.5. The fourth-order valence-corrected chi connectivity index (χ4v) is 1.94. The van der Waals surface area contributed by atoms with Crippen molar-refractivity contribution < 1.29 is 14.6 Å². The van der Waals surface area contributed by atoms with E-state index in [2.05, 4.69) is 0 Å². The highest BCUT2D eigenvalue weighted by Gasteiger charge is 2.12. The van der Waals surface area contributed by atoms with Gasteiger partial charge in [0.15, 0.2) is 0 Å². The fraction of sp³-hybridized carbons (Fsp3) is 0.188. The summed E-state index contributed by atoms with van der Waals surface area (Å²) < 4.78 is 5.10. The predicted octanol–water partition coefficient (Wildman–Crippen LogP) is 2.67. The van der Waals surface area contributed by atoms with E-state index in [0.29, 0.717) is 12.1 Å². The van der Waals surface area contributed by atoms with Gasteiger partial charge in [-0.05, 0) is 35.9 Å². The molecule has 0 saturated heterocycles. The summed E-state index contributed by atoms with van der Waals surface area (Å²) in [5.74, 6) is 0.751. The zero-order valence-corrected chi connectivity index (χ0v) is 11.5. The van der Waals surface area contributed by atoms with Gasteiger partial charge in [0, 0.05) is 19.2 Å². The second-order valence-electron chi connectivity index (χ2n) is 4.56. The average Bonchev–Trinajstić information content (AvgIpc) is 2.47. The Hall–Kier alpha value is -2.49. The molecule has 0 spiro atoms. The number of hydrogen-bond acceptors (Lipinski definition) is 3. The minimum absolute atomic E-state index is 0.0914. The van der Waals surface area contributed by atoms with Gasteiger partial charge in [0.1, 0.15) is 11.5 Å². The monoisotopic (exact) mass is 271 g/mol.